The van der Waals surface area contributed by atoms with E-state index in [1.807, 2.05) is 0 Å². The quantitative estimate of drug-likeness (QED) is 0.346. The molecular formula is C14H16O3. The summed E-state index contributed by atoms with van der Waals surface area (Å²) in [4.78, 5) is 10.9. The molecule has 3 nitrogen and oxygen atoms in total. The van der Waals surface area contributed by atoms with Crippen molar-refractivity contribution in [3.05, 3.63) is 24.3 Å². The van der Waals surface area contributed by atoms with E-state index in [2.05, 4.69) is 19.0 Å². The van der Waals surface area contributed by atoms with E-state index in [0.717, 1.165) is 19.3 Å². The highest BCUT2D eigenvalue weighted by atomic mass is 16.6. The summed E-state index contributed by atoms with van der Waals surface area (Å²) in [5.74, 6) is 3.39. The normalized spacial score (nSPS) is 9.06. The molecule has 90 valence electrons. The van der Waals surface area contributed by atoms with E-state index in [-0.39, 0.29) is 5.97 Å². The van der Waals surface area contributed by atoms with Crippen LogP contribution in [0.1, 0.15) is 33.1 Å². The number of esters is 1. The van der Waals surface area contributed by atoms with Crippen LogP contribution in [0.5, 0.6) is 11.5 Å². The summed E-state index contributed by atoms with van der Waals surface area (Å²) in [5, 5.41) is 0. The Morgan fingerprint density at radius 1 is 1.29 bits per heavy atom. The second-order valence-corrected chi connectivity index (χ2v) is 3.52. The number of rotatable bonds is 4. The van der Waals surface area contributed by atoms with Crippen molar-refractivity contribution in [2.45, 2.75) is 33.1 Å². The average Bonchev–Trinajstić information content (AvgIpc) is 2.30. The molecule has 0 aliphatic rings. The predicted octanol–water partition coefficient (Wildman–Crippen LogP) is 3.14. The molecule has 0 heterocycles. The fourth-order valence-corrected chi connectivity index (χ4v) is 1.18. The Balaban J connectivity index is 2.62. The summed E-state index contributed by atoms with van der Waals surface area (Å²) in [5.41, 5.74) is 0. The van der Waals surface area contributed by atoms with Crippen molar-refractivity contribution in [2.75, 3.05) is 0 Å². The molecule has 0 radical (unpaired) electrons. The van der Waals surface area contributed by atoms with E-state index in [4.69, 9.17) is 9.47 Å². The number of carbonyl (C=O) groups is 1. The molecule has 0 aromatic heterocycles. The number of hydrogen-bond donors (Lipinski definition) is 0. The lowest BCUT2D eigenvalue weighted by Gasteiger charge is -2.05. The molecule has 0 N–H and O–H groups in total. The van der Waals surface area contributed by atoms with Crippen LogP contribution in [-0.4, -0.2) is 5.97 Å². The third-order valence-corrected chi connectivity index (χ3v) is 1.99. The van der Waals surface area contributed by atoms with Gasteiger partial charge in [0.25, 0.3) is 0 Å². The Morgan fingerprint density at radius 3 is 2.65 bits per heavy atom. The number of para-hydroxylation sites is 2. The van der Waals surface area contributed by atoms with Gasteiger partial charge in [0.1, 0.15) is 6.11 Å². The van der Waals surface area contributed by atoms with Gasteiger partial charge < -0.3 is 9.47 Å². The summed E-state index contributed by atoms with van der Waals surface area (Å²) >= 11 is 0. The standard InChI is InChI=1S/C14H16O3/c1-3-4-5-8-11-16-13-9-6-7-10-14(13)17-12(2)15/h6-7,9-10H,3-5H2,1-2H3. The Kier molecular flexibility index (Phi) is 5.67. The Bertz CT molecular complexity index is 427. The van der Waals surface area contributed by atoms with Crippen LogP contribution in [0.3, 0.4) is 0 Å². The molecule has 0 saturated carbocycles. The van der Waals surface area contributed by atoms with Gasteiger partial charge in [-0.1, -0.05) is 31.4 Å². The van der Waals surface area contributed by atoms with Gasteiger partial charge in [0.15, 0.2) is 11.5 Å². The van der Waals surface area contributed by atoms with E-state index >= 15 is 0 Å². The van der Waals surface area contributed by atoms with Crippen LogP contribution in [0.15, 0.2) is 24.3 Å². The van der Waals surface area contributed by atoms with Gasteiger partial charge in [0.2, 0.25) is 0 Å². The largest absolute Gasteiger partial charge is 0.423 e. The van der Waals surface area contributed by atoms with Gasteiger partial charge in [-0.05, 0) is 18.6 Å². The smallest absolute Gasteiger partial charge is 0.308 e. The number of unbranched alkanes of at least 4 members (excludes halogenated alkanes) is 2. The molecule has 0 amide bonds. The summed E-state index contributed by atoms with van der Waals surface area (Å²) in [6, 6.07) is 6.96. The van der Waals surface area contributed by atoms with Gasteiger partial charge in [0, 0.05) is 13.3 Å². The maximum atomic E-state index is 10.9. The fourth-order valence-electron chi connectivity index (χ4n) is 1.18. The molecule has 0 spiro atoms. The third-order valence-electron chi connectivity index (χ3n) is 1.99. The van der Waals surface area contributed by atoms with Crippen molar-refractivity contribution in [3.8, 4) is 23.5 Å². The van der Waals surface area contributed by atoms with Crippen molar-refractivity contribution in [1.29, 1.82) is 0 Å². The second-order valence-electron chi connectivity index (χ2n) is 3.52. The molecule has 3 heteroatoms. The van der Waals surface area contributed by atoms with Crippen LogP contribution in [0, 0.1) is 12.0 Å². The lowest BCUT2D eigenvalue weighted by Crippen LogP contribution is -2.02. The van der Waals surface area contributed by atoms with Crippen LogP contribution in [0.2, 0.25) is 0 Å². The number of carbonyl (C=O) groups excluding carboxylic acids is 1. The number of hydrogen-bond acceptors (Lipinski definition) is 3. The monoisotopic (exact) mass is 232 g/mol. The highest BCUT2D eigenvalue weighted by Gasteiger charge is 2.05. The van der Waals surface area contributed by atoms with Crippen molar-refractivity contribution in [1.82, 2.24) is 0 Å². The van der Waals surface area contributed by atoms with E-state index < -0.39 is 0 Å². The molecule has 0 saturated heterocycles. The van der Waals surface area contributed by atoms with Gasteiger partial charge in [-0.2, -0.15) is 0 Å². The summed E-state index contributed by atoms with van der Waals surface area (Å²) in [6.07, 6.45) is 5.59. The molecule has 17 heavy (non-hydrogen) atoms. The maximum absolute atomic E-state index is 10.9. The number of ether oxygens (including phenoxy) is 2. The molecule has 1 rings (SSSR count). The average molecular weight is 232 g/mol. The lowest BCUT2D eigenvalue weighted by molar-refractivity contribution is -0.131. The van der Waals surface area contributed by atoms with E-state index in [1.165, 1.54) is 6.92 Å². The van der Waals surface area contributed by atoms with E-state index in [1.54, 1.807) is 24.3 Å². The Hall–Kier alpha value is -1.95. The summed E-state index contributed by atoms with van der Waals surface area (Å²) in [6.45, 7) is 3.46. The van der Waals surface area contributed by atoms with Gasteiger partial charge in [-0.25, -0.2) is 0 Å². The molecule has 0 aliphatic carbocycles. The van der Waals surface area contributed by atoms with Gasteiger partial charge in [0.05, 0.1) is 0 Å². The second kappa shape index (κ2) is 7.34. The molecule has 0 fully saturated rings. The van der Waals surface area contributed by atoms with Crippen LogP contribution >= 0.6 is 0 Å². The zero-order chi connectivity index (χ0) is 12.5. The van der Waals surface area contributed by atoms with Gasteiger partial charge in [-0.15, -0.1) is 0 Å². The predicted molar refractivity (Wildman–Crippen MR) is 65.7 cm³/mol. The fraction of sp³-hybridized carbons (Fsp3) is 0.357. The molecule has 0 unspecified atom stereocenters. The Labute approximate surface area is 102 Å². The van der Waals surface area contributed by atoms with E-state index in [9.17, 15) is 4.79 Å². The molecule has 1 aromatic carbocycles. The first-order chi connectivity index (χ1) is 8.24. The zero-order valence-electron chi connectivity index (χ0n) is 10.2. The molecule has 0 aliphatic heterocycles. The minimum Gasteiger partial charge on any atom is -0.423 e. The zero-order valence-corrected chi connectivity index (χ0v) is 10.2. The molecule has 1 aromatic rings. The minimum atomic E-state index is -0.375. The minimum absolute atomic E-state index is 0.375. The maximum Gasteiger partial charge on any atom is 0.308 e. The highest BCUT2D eigenvalue weighted by molar-refractivity contribution is 5.70. The molecule has 0 atom stereocenters. The van der Waals surface area contributed by atoms with Crippen LogP contribution in [0.4, 0.5) is 0 Å². The Morgan fingerprint density at radius 2 is 2.00 bits per heavy atom. The van der Waals surface area contributed by atoms with Gasteiger partial charge in [-0.3, -0.25) is 4.79 Å². The summed E-state index contributed by atoms with van der Waals surface area (Å²) in [7, 11) is 0. The van der Waals surface area contributed by atoms with Crippen LogP contribution in [0.25, 0.3) is 0 Å². The lowest BCUT2D eigenvalue weighted by atomic mass is 10.3. The van der Waals surface area contributed by atoms with E-state index in [0.29, 0.717) is 11.5 Å². The SMILES string of the molecule is CCCCC#COc1ccccc1OC(C)=O. The molecule has 0 bridgehead atoms. The molecular weight excluding hydrogens is 216 g/mol. The third kappa shape index (κ3) is 5.07. The highest BCUT2D eigenvalue weighted by Crippen LogP contribution is 2.26. The first-order valence-electron chi connectivity index (χ1n) is 5.66. The van der Waals surface area contributed by atoms with Crippen LogP contribution in [-0.2, 0) is 4.79 Å². The number of benzene rings is 1. The van der Waals surface area contributed by atoms with Crippen LogP contribution < -0.4 is 9.47 Å². The van der Waals surface area contributed by atoms with Gasteiger partial charge >= 0.3 is 5.97 Å². The topological polar surface area (TPSA) is 35.5 Å². The first-order valence-corrected chi connectivity index (χ1v) is 5.66. The first kappa shape index (κ1) is 13.1. The van der Waals surface area contributed by atoms with Crippen molar-refractivity contribution < 1.29 is 14.3 Å². The summed E-state index contributed by atoms with van der Waals surface area (Å²) < 4.78 is 10.2. The van der Waals surface area contributed by atoms with Crippen molar-refractivity contribution in [3.63, 3.8) is 0 Å². The van der Waals surface area contributed by atoms with Crippen molar-refractivity contribution in [2.24, 2.45) is 0 Å². The van der Waals surface area contributed by atoms with Crippen molar-refractivity contribution >= 4 is 5.97 Å².